The van der Waals surface area contributed by atoms with Gasteiger partial charge in [0.15, 0.2) is 0 Å². The fourth-order valence-corrected chi connectivity index (χ4v) is 2.26. The van der Waals surface area contributed by atoms with E-state index >= 15 is 0 Å². The average molecular weight is 222 g/mol. The molecule has 1 aliphatic heterocycles. The van der Waals surface area contributed by atoms with Crippen molar-refractivity contribution in [2.75, 3.05) is 0 Å². The monoisotopic (exact) mass is 222 g/mol. The number of nitrogens with two attached hydrogens (primary N) is 1. The van der Waals surface area contributed by atoms with Crippen LogP contribution in [0.25, 0.3) is 0 Å². The van der Waals surface area contributed by atoms with Crippen LogP contribution < -0.4 is 5.73 Å². The standard InChI is InChI=1S/C12H15FN2O/c1-8(14)15-11(6-7-12(15)16)9-4-2-3-5-10(9)13/h2-5,8,11H,6-7,14H2,1H3. The van der Waals surface area contributed by atoms with Crippen molar-refractivity contribution in [3.8, 4) is 0 Å². The van der Waals surface area contributed by atoms with E-state index in [2.05, 4.69) is 0 Å². The van der Waals surface area contributed by atoms with Gasteiger partial charge in [-0.25, -0.2) is 4.39 Å². The Morgan fingerprint density at radius 2 is 2.19 bits per heavy atom. The molecule has 16 heavy (non-hydrogen) atoms. The lowest BCUT2D eigenvalue weighted by atomic mass is 10.0. The number of nitrogens with zero attached hydrogens (tertiary/aromatic N) is 1. The third kappa shape index (κ3) is 1.80. The number of likely N-dealkylation sites (tertiary alicyclic amines) is 1. The van der Waals surface area contributed by atoms with Gasteiger partial charge in [0.2, 0.25) is 5.91 Å². The molecule has 86 valence electrons. The smallest absolute Gasteiger partial charge is 0.224 e. The fraction of sp³-hybridized carbons (Fsp3) is 0.417. The minimum absolute atomic E-state index is 0.00301. The zero-order valence-electron chi connectivity index (χ0n) is 9.19. The van der Waals surface area contributed by atoms with Crippen molar-refractivity contribution < 1.29 is 9.18 Å². The van der Waals surface area contributed by atoms with Crippen molar-refractivity contribution in [3.63, 3.8) is 0 Å². The Kier molecular flexibility index (Phi) is 2.92. The van der Waals surface area contributed by atoms with Gasteiger partial charge in [0.1, 0.15) is 5.82 Å². The summed E-state index contributed by atoms with van der Waals surface area (Å²) in [7, 11) is 0. The lowest BCUT2D eigenvalue weighted by Gasteiger charge is -2.28. The summed E-state index contributed by atoms with van der Waals surface area (Å²) in [6, 6.07) is 6.34. The van der Waals surface area contributed by atoms with E-state index in [9.17, 15) is 9.18 Å². The Hall–Kier alpha value is -1.42. The molecule has 2 N–H and O–H groups in total. The molecular formula is C12H15FN2O. The molecule has 4 heteroatoms. The molecule has 1 aromatic carbocycles. The van der Waals surface area contributed by atoms with Gasteiger partial charge in [-0.05, 0) is 19.4 Å². The average Bonchev–Trinajstić information content (AvgIpc) is 2.61. The molecule has 1 aromatic rings. The van der Waals surface area contributed by atoms with Crippen LogP contribution in [0.3, 0.4) is 0 Å². The van der Waals surface area contributed by atoms with Gasteiger partial charge < -0.3 is 10.6 Å². The molecule has 1 saturated heterocycles. The first-order valence-corrected chi connectivity index (χ1v) is 5.42. The zero-order chi connectivity index (χ0) is 11.7. The normalized spacial score (nSPS) is 22.6. The van der Waals surface area contributed by atoms with Crippen LogP contribution in [0.1, 0.15) is 31.4 Å². The van der Waals surface area contributed by atoms with E-state index in [1.807, 2.05) is 0 Å². The van der Waals surface area contributed by atoms with E-state index in [4.69, 9.17) is 5.73 Å². The van der Waals surface area contributed by atoms with E-state index in [0.717, 1.165) is 0 Å². The van der Waals surface area contributed by atoms with E-state index in [1.54, 1.807) is 30.0 Å². The van der Waals surface area contributed by atoms with Gasteiger partial charge in [0.05, 0.1) is 12.2 Å². The third-order valence-corrected chi connectivity index (χ3v) is 2.96. The van der Waals surface area contributed by atoms with Gasteiger partial charge in [-0.1, -0.05) is 18.2 Å². The number of carbonyl (C=O) groups excluding carboxylic acids is 1. The molecule has 0 radical (unpaired) electrons. The number of benzene rings is 1. The Labute approximate surface area is 94.0 Å². The summed E-state index contributed by atoms with van der Waals surface area (Å²) in [5.74, 6) is -0.267. The van der Waals surface area contributed by atoms with Crippen LogP contribution in [-0.2, 0) is 4.79 Å². The molecule has 0 saturated carbocycles. The summed E-state index contributed by atoms with van der Waals surface area (Å²) in [6.45, 7) is 1.75. The zero-order valence-corrected chi connectivity index (χ0v) is 9.19. The molecule has 3 nitrogen and oxygen atoms in total. The minimum atomic E-state index is -0.375. The maximum Gasteiger partial charge on any atom is 0.224 e. The molecular weight excluding hydrogens is 207 g/mol. The summed E-state index contributed by atoms with van der Waals surface area (Å²) in [6.07, 6.45) is 0.710. The second-order valence-electron chi connectivity index (χ2n) is 4.12. The van der Waals surface area contributed by atoms with Crippen LogP contribution in [0, 0.1) is 5.82 Å². The predicted octanol–water partition coefficient (Wildman–Crippen LogP) is 1.79. The largest absolute Gasteiger partial charge is 0.321 e. The van der Waals surface area contributed by atoms with Crippen molar-refractivity contribution in [1.29, 1.82) is 0 Å². The van der Waals surface area contributed by atoms with Gasteiger partial charge in [-0.2, -0.15) is 0 Å². The van der Waals surface area contributed by atoms with Crippen LogP contribution in [0.15, 0.2) is 24.3 Å². The highest BCUT2D eigenvalue weighted by Gasteiger charge is 2.35. The Bertz CT molecular complexity index is 406. The van der Waals surface area contributed by atoms with Gasteiger partial charge in [0, 0.05) is 12.0 Å². The minimum Gasteiger partial charge on any atom is -0.321 e. The predicted molar refractivity (Wildman–Crippen MR) is 58.9 cm³/mol. The maximum absolute atomic E-state index is 13.6. The van der Waals surface area contributed by atoms with Gasteiger partial charge in [-0.3, -0.25) is 4.79 Å². The highest BCUT2D eigenvalue weighted by molar-refractivity contribution is 5.79. The Balaban J connectivity index is 2.34. The van der Waals surface area contributed by atoms with E-state index in [0.29, 0.717) is 18.4 Å². The molecule has 1 heterocycles. The second-order valence-corrected chi connectivity index (χ2v) is 4.12. The summed E-state index contributed by atoms with van der Waals surface area (Å²) in [4.78, 5) is 13.2. The molecule has 0 spiro atoms. The van der Waals surface area contributed by atoms with Crippen molar-refractivity contribution in [3.05, 3.63) is 35.6 Å². The Morgan fingerprint density at radius 3 is 2.81 bits per heavy atom. The molecule has 2 atom stereocenters. The molecule has 1 amide bonds. The molecule has 0 aromatic heterocycles. The van der Waals surface area contributed by atoms with Crippen molar-refractivity contribution in [2.45, 2.75) is 32.0 Å². The molecule has 0 aliphatic carbocycles. The SMILES string of the molecule is CC(N)N1C(=O)CCC1c1ccccc1F. The highest BCUT2D eigenvalue weighted by atomic mass is 19.1. The van der Waals surface area contributed by atoms with Crippen molar-refractivity contribution in [2.24, 2.45) is 5.73 Å². The Morgan fingerprint density at radius 1 is 1.50 bits per heavy atom. The first-order valence-electron chi connectivity index (χ1n) is 5.42. The molecule has 1 aliphatic rings. The van der Waals surface area contributed by atoms with Crippen molar-refractivity contribution >= 4 is 5.91 Å². The number of rotatable bonds is 2. The topological polar surface area (TPSA) is 46.3 Å². The lowest BCUT2D eigenvalue weighted by molar-refractivity contribution is -0.130. The van der Waals surface area contributed by atoms with Gasteiger partial charge in [0.25, 0.3) is 0 Å². The molecule has 2 unspecified atom stereocenters. The summed E-state index contributed by atoms with van der Waals surface area (Å²) in [5.41, 5.74) is 6.31. The number of halogens is 1. The lowest BCUT2D eigenvalue weighted by Crippen LogP contribution is -2.41. The maximum atomic E-state index is 13.6. The third-order valence-electron chi connectivity index (χ3n) is 2.96. The van der Waals surface area contributed by atoms with Gasteiger partial charge >= 0.3 is 0 Å². The number of hydrogen-bond acceptors (Lipinski definition) is 2. The summed E-state index contributed by atoms with van der Waals surface area (Å²) < 4.78 is 13.6. The van der Waals surface area contributed by atoms with Crippen LogP contribution in [0.4, 0.5) is 4.39 Å². The first kappa shape index (κ1) is 11.1. The highest BCUT2D eigenvalue weighted by Crippen LogP contribution is 2.34. The van der Waals surface area contributed by atoms with Crippen LogP contribution in [0.5, 0.6) is 0 Å². The van der Waals surface area contributed by atoms with E-state index in [-0.39, 0.29) is 23.9 Å². The molecule has 1 fully saturated rings. The van der Waals surface area contributed by atoms with E-state index in [1.165, 1.54) is 6.07 Å². The summed E-state index contributed by atoms with van der Waals surface area (Å²) >= 11 is 0. The molecule has 0 bridgehead atoms. The molecule has 2 rings (SSSR count). The second kappa shape index (κ2) is 4.22. The van der Waals surface area contributed by atoms with Crippen LogP contribution in [-0.4, -0.2) is 17.0 Å². The summed E-state index contributed by atoms with van der Waals surface area (Å²) in [5, 5.41) is 0. The van der Waals surface area contributed by atoms with Crippen molar-refractivity contribution in [1.82, 2.24) is 4.90 Å². The first-order chi connectivity index (χ1) is 7.61. The van der Waals surface area contributed by atoms with E-state index < -0.39 is 0 Å². The fourth-order valence-electron chi connectivity index (χ4n) is 2.26. The quantitative estimate of drug-likeness (QED) is 0.829. The number of hydrogen-bond donors (Lipinski definition) is 1. The van der Waals surface area contributed by atoms with Gasteiger partial charge in [-0.15, -0.1) is 0 Å². The number of carbonyl (C=O) groups is 1. The number of amides is 1. The van der Waals surface area contributed by atoms with Crippen LogP contribution in [0.2, 0.25) is 0 Å². The van der Waals surface area contributed by atoms with Crippen LogP contribution >= 0.6 is 0 Å².